The molecular weight excluding hydrogens is 376 g/mol. The Labute approximate surface area is 179 Å². The van der Waals surface area contributed by atoms with E-state index in [4.69, 9.17) is 9.73 Å². The van der Waals surface area contributed by atoms with E-state index in [0.29, 0.717) is 24.6 Å². The number of rotatable bonds is 7. The monoisotopic (exact) mass is 410 g/mol. The summed E-state index contributed by atoms with van der Waals surface area (Å²) >= 11 is 0. The lowest BCUT2D eigenvalue weighted by Gasteiger charge is -2.27. The zero-order valence-corrected chi connectivity index (χ0v) is 18.4. The zero-order valence-electron chi connectivity index (χ0n) is 18.4. The highest BCUT2D eigenvalue weighted by Crippen LogP contribution is 2.28. The van der Waals surface area contributed by atoms with E-state index in [1.807, 2.05) is 6.07 Å². The van der Waals surface area contributed by atoms with Gasteiger partial charge in [0.05, 0.1) is 19.2 Å². The van der Waals surface area contributed by atoms with Gasteiger partial charge in [0.2, 0.25) is 0 Å². The quantitative estimate of drug-likeness (QED) is 0.540. The third-order valence-electron chi connectivity index (χ3n) is 5.80. The highest BCUT2D eigenvalue weighted by atomic mass is 16.5. The Balaban J connectivity index is 1.41. The van der Waals surface area contributed by atoms with Gasteiger partial charge in [-0.05, 0) is 38.7 Å². The summed E-state index contributed by atoms with van der Waals surface area (Å²) in [6.45, 7) is 8.61. The number of aryl methyl sites for hydroxylation is 1. The highest BCUT2D eigenvalue weighted by Gasteiger charge is 2.23. The Morgan fingerprint density at radius 2 is 2.10 bits per heavy atom. The van der Waals surface area contributed by atoms with Crippen molar-refractivity contribution in [2.24, 2.45) is 4.99 Å². The fourth-order valence-electron chi connectivity index (χ4n) is 3.79. The van der Waals surface area contributed by atoms with Crippen molar-refractivity contribution in [2.75, 3.05) is 6.54 Å². The van der Waals surface area contributed by atoms with Crippen LogP contribution in [0.2, 0.25) is 0 Å². The van der Waals surface area contributed by atoms with Crippen LogP contribution >= 0.6 is 0 Å². The van der Waals surface area contributed by atoms with Crippen LogP contribution in [0.4, 0.5) is 0 Å². The maximum atomic E-state index is 6.16. The number of nitrogens with zero attached hydrogens (tertiary/aromatic N) is 4. The summed E-state index contributed by atoms with van der Waals surface area (Å²) in [6, 6.07) is 8.55. The minimum Gasteiger partial charge on any atom is -0.490 e. The Bertz CT molecular complexity index is 870. The summed E-state index contributed by atoms with van der Waals surface area (Å²) in [5.41, 5.74) is 1.13. The summed E-state index contributed by atoms with van der Waals surface area (Å²) in [7, 11) is 0. The van der Waals surface area contributed by atoms with Gasteiger partial charge in [0, 0.05) is 30.5 Å². The van der Waals surface area contributed by atoms with Crippen molar-refractivity contribution in [3.8, 4) is 5.75 Å². The van der Waals surface area contributed by atoms with Gasteiger partial charge in [0.25, 0.3) is 0 Å². The van der Waals surface area contributed by atoms with Gasteiger partial charge in [-0.3, -0.25) is 0 Å². The summed E-state index contributed by atoms with van der Waals surface area (Å²) in [5.74, 6) is 4.20. The maximum absolute atomic E-state index is 6.16. The minimum absolute atomic E-state index is 0.290. The molecule has 0 radical (unpaired) electrons. The van der Waals surface area contributed by atoms with Crippen LogP contribution in [-0.2, 0) is 19.5 Å². The Morgan fingerprint density at radius 1 is 1.27 bits per heavy atom. The Kier molecular flexibility index (Phi) is 6.55. The molecule has 4 rings (SSSR count). The van der Waals surface area contributed by atoms with Crippen LogP contribution in [0.1, 0.15) is 69.6 Å². The molecule has 1 fully saturated rings. The average Bonchev–Trinajstić information content (AvgIpc) is 3.13. The van der Waals surface area contributed by atoms with Crippen molar-refractivity contribution in [3.05, 3.63) is 41.5 Å². The van der Waals surface area contributed by atoms with Crippen molar-refractivity contribution in [1.29, 1.82) is 0 Å². The van der Waals surface area contributed by atoms with Crippen LogP contribution in [-0.4, -0.2) is 39.4 Å². The first-order valence-electron chi connectivity index (χ1n) is 11.4. The number of nitrogens with one attached hydrogen (secondary N) is 2. The Hall–Kier alpha value is -2.57. The second kappa shape index (κ2) is 9.49. The fraction of sp³-hybridized carbons (Fsp3) is 0.609. The molecule has 1 atom stereocenters. The first-order chi connectivity index (χ1) is 14.6. The number of hydrogen-bond donors (Lipinski definition) is 2. The molecule has 1 aromatic heterocycles. The van der Waals surface area contributed by atoms with Crippen molar-refractivity contribution < 1.29 is 4.74 Å². The molecule has 2 N–H and O–H groups in total. The highest BCUT2D eigenvalue weighted by molar-refractivity contribution is 5.80. The van der Waals surface area contributed by atoms with Crippen molar-refractivity contribution in [1.82, 2.24) is 25.4 Å². The van der Waals surface area contributed by atoms with Crippen LogP contribution in [0.5, 0.6) is 5.75 Å². The van der Waals surface area contributed by atoms with E-state index in [1.165, 1.54) is 6.42 Å². The first kappa shape index (κ1) is 20.7. The van der Waals surface area contributed by atoms with E-state index >= 15 is 0 Å². The molecular formula is C23H34N6O. The van der Waals surface area contributed by atoms with Gasteiger partial charge in [0.1, 0.15) is 11.6 Å². The van der Waals surface area contributed by atoms with E-state index in [9.17, 15) is 0 Å². The smallest absolute Gasteiger partial charge is 0.191 e. The van der Waals surface area contributed by atoms with Crippen molar-refractivity contribution >= 4 is 5.96 Å². The number of benzene rings is 1. The summed E-state index contributed by atoms with van der Waals surface area (Å²) in [5, 5.41) is 11.7. The average molecular weight is 411 g/mol. The van der Waals surface area contributed by atoms with Crippen LogP contribution < -0.4 is 15.4 Å². The lowest BCUT2D eigenvalue weighted by Crippen LogP contribution is -2.47. The minimum atomic E-state index is 0.290. The lowest BCUT2D eigenvalue weighted by molar-refractivity contribution is 0.119. The van der Waals surface area contributed by atoms with E-state index in [0.717, 1.165) is 67.7 Å². The molecule has 2 aromatic rings. The molecule has 1 unspecified atom stereocenters. The van der Waals surface area contributed by atoms with E-state index in [2.05, 4.69) is 64.4 Å². The zero-order chi connectivity index (χ0) is 20.9. The molecule has 1 aliphatic carbocycles. The topological polar surface area (TPSA) is 76.4 Å². The Morgan fingerprint density at radius 3 is 2.83 bits per heavy atom. The molecule has 162 valence electrons. The molecule has 30 heavy (non-hydrogen) atoms. The normalized spacial score (nSPS) is 19.3. The van der Waals surface area contributed by atoms with Crippen LogP contribution in [0, 0.1) is 0 Å². The fourth-order valence-corrected chi connectivity index (χ4v) is 3.79. The van der Waals surface area contributed by atoms with Gasteiger partial charge in [-0.1, -0.05) is 32.0 Å². The van der Waals surface area contributed by atoms with Crippen molar-refractivity contribution in [3.63, 3.8) is 0 Å². The van der Waals surface area contributed by atoms with Crippen molar-refractivity contribution in [2.45, 2.75) is 84.0 Å². The summed E-state index contributed by atoms with van der Waals surface area (Å²) in [6.07, 6.45) is 5.93. The number of aromatic nitrogens is 3. The van der Waals surface area contributed by atoms with Gasteiger partial charge in [-0.25, -0.2) is 14.7 Å². The molecule has 2 aliphatic rings. The third-order valence-corrected chi connectivity index (χ3v) is 5.80. The maximum Gasteiger partial charge on any atom is 0.191 e. The summed E-state index contributed by atoms with van der Waals surface area (Å²) in [4.78, 5) is 9.53. The molecule has 0 spiro atoms. The number of fused-ring (bicyclic) bond motifs is 1. The van der Waals surface area contributed by atoms with E-state index in [-0.39, 0.29) is 0 Å². The van der Waals surface area contributed by atoms with Gasteiger partial charge in [-0.2, -0.15) is 5.10 Å². The molecule has 0 amide bonds. The van der Waals surface area contributed by atoms with E-state index in [1.54, 1.807) is 0 Å². The molecule has 7 nitrogen and oxygen atoms in total. The molecule has 0 bridgehead atoms. The number of aliphatic imine (C=N–C) groups is 1. The number of guanidine groups is 1. The van der Waals surface area contributed by atoms with Gasteiger partial charge >= 0.3 is 0 Å². The van der Waals surface area contributed by atoms with Crippen LogP contribution in [0.3, 0.4) is 0 Å². The standard InChI is InChI=1S/C23H34N6O/c1-4-24-23(25-14-17-8-5-6-11-20(17)30-19-9-7-10-19)26-18-12-13-21-27-22(16(2)3)28-29(21)15-18/h5-6,8,11,16,18-19H,4,7,9-10,12-15H2,1-3H3,(H2,24,25,26). The predicted octanol–water partition coefficient (Wildman–Crippen LogP) is 3.40. The number of ether oxygens (including phenoxy) is 1. The molecule has 1 saturated carbocycles. The second-order valence-corrected chi connectivity index (χ2v) is 8.58. The van der Waals surface area contributed by atoms with Gasteiger partial charge in [0.15, 0.2) is 11.8 Å². The van der Waals surface area contributed by atoms with Crippen LogP contribution in [0.15, 0.2) is 29.3 Å². The third kappa shape index (κ3) is 4.94. The van der Waals surface area contributed by atoms with E-state index < -0.39 is 0 Å². The molecule has 0 saturated heterocycles. The second-order valence-electron chi connectivity index (χ2n) is 8.58. The number of para-hydroxylation sites is 1. The molecule has 2 heterocycles. The molecule has 7 heteroatoms. The van der Waals surface area contributed by atoms with Crippen LogP contribution in [0.25, 0.3) is 0 Å². The summed E-state index contributed by atoms with van der Waals surface area (Å²) < 4.78 is 8.21. The first-order valence-corrected chi connectivity index (χ1v) is 11.4. The molecule has 1 aliphatic heterocycles. The van der Waals surface area contributed by atoms with Gasteiger partial charge in [-0.15, -0.1) is 0 Å². The predicted molar refractivity (Wildman–Crippen MR) is 119 cm³/mol. The SMILES string of the molecule is CCNC(=NCc1ccccc1OC1CCC1)NC1CCc2nc(C(C)C)nn2C1. The number of hydrogen-bond acceptors (Lipinski definition) is 4. The lowest BCUT2D eigenvalue weighted by atomic mass is 9.96. The van der Waals surface area contributed by atoms with Gasteiger partial charge < -0.3 is 15.4 Å². The molecule has 1 aromatic carbocycles. The largest absolute Gasteiger partial charge is 0.490 e.